The van der Waals surface area contributed by atoms with E-state index in [0.717, 1.165) is 13.0 Å². The maximum absolute atomic E-state index is 6.02. The van der Waals surface area contributed by atoms with Gasteiger partial charge in [-0.25, -0.2) is 0 Å². The summed E-state index contributed by atoms with van der Waals surface area (Å²) in [4.78, 5) is 2.46. The zero-order valence-corrected chi connectivity index (χ0v) is 8.99. The number of likely N-dealkylation sites (tertiary alicyclic amines) is 1. The molecule has 0 saturated carbocycles. The van der Waals surface area contributed by atoms with Crippen molar-refractivity contribution in [2.45, 2.75) is 44.8 Å². The Labute approximate surface area is 81.2 Å². The predicted molar refractivity (Wildman–Crippen MR) is 54.7 cm³/mol. The van der Waals surface area contributed by atoms with Gasteiger partial charge in [-0.05, 0) is 33.2 Å². The van der Waals surface area contributed by atoms with Crippen molar-refractivity contribution in [3.63, 3.8) is 0 Å². The topological polar surface area (TPSA) is 38.5 Å². The van der Waals surface area contributed by atoms with E-state index in [1.165, 1.54) is 13.0 Å². The van der Waals surface area contributed by atoms with Crippen LogP contribution in [0.1, 0.15) is 26.7 Å². The molecule has 1 fully saturated rings. The summed E-state index contributed by atoms with van der Waals surface area (Å²) in [5.41, 5.74) is 6.02. The van der Waals surface area contributed by atoms with Crippen LogP contribution in [0.2, 0.25) is 0 Å². The molecule has 1 aliphatic rings. The van der Waals surface area contributed by atoms with Gasteiger partial charge in [0.25, 0.3) is 0 Å². The van der Waals surface area contributed by atoms with Crippen LogP contribution >= 0.6 is 0 Å². The van der Waals surface area contributed by atoms with Gasteiger partial charge in [-0.1, -0.05) is 0 Å². The Hall–Kier alpha value is -0.120. The van der Waals surface area contributed by atoms with Gasteiger partial charge in [0, 0.05) is 25.2 Å². The van der Waals surface area contributed by atoms with Crippen molar-refractivity contribution >= 4 is 0 Å². The van der Waals surface area contributed by atoms with E-state index in [2.05, 4.69) is 18.7 Å². The largest absolute Gasteiger partial charge is 0.383 e. The fraction of sp³-hybridized carbons (Fsp3) is 1.00. The van der Waals surface area contributed by atoms with Gasteiger partial charge in [0.15, 0.2) is 0 Å². The van der Waals surface area contributed by atoms with Gasteiger partial charge in [0.1, 0.15) is 0 Å². The monoisotopic (exact) mass is 186 g/mol. The molecule has 3 atom stereocenters. The van der Waals surface area contributed by atoms with Crippen molar-refractivity contribution in [3.8, 4) is 0 Å². The van der Waals surface area contributed by atoms with Crippen LogP contribution in [-0.2, 0) is 4.74 Å². The third-order valence-corrected chi connectivity index (χ3v) is 3.07. The molecule has 0 amide bonds. The molecule has 1 saturated heterocycles. The summed E-state index contributed by atoms with van der Waals surface area (Å²) in [7, 11) is 1.76. The van der Waals surface area contributed by atoms with E-state index < -0.39 is 0 Å². The molecule has 3 nitrogen and oxygen atoms in total. The molecule has 3 heteroatoms. The Bertz CT molecular complexity index is 152. The highest BCUT2D eigenvalue weighted by atomic mass is 16.5. The van der Waals surface area contributed by atoms with Gasteiger partial charge in [0.2, 0.25) is 0 Å². The van der Waals surface area contributed by atoms with Crippen LogP contribution in [0.3, 0.4) is 0 Å². The molecule has 1 heterocycles. The number of rotatable bonds is 3. The third-order valence-electron chi connectivity index (χ3n) is 3.07. The van der Waals surface area contributed by atoms with Gasteiger partial charge in [-0.3, -0.25) is 4.90 Å². The Kier molecular flexibility index (Phi) is 4.16. The molecule has 0 radical (unpaired) electrons. The zero-order valence-electron chi connectivity index (χ0n) is 8.99. The van der Waals surface area contributed by atoms with Gasteiger partial charge >= 0.3 is 0 Å². The average molecular weight is 186 g/mol. The molecule has 0 aromatic carbocycles. The number of piperidine rings is 1. The second-order valence-electron chi connectivity index (χ2n) is 4.09. The van der Waals surface area contributed by atoms with Crippen LogP contribution < -0.4 is 5.73 Å². The highest BCUT2D eigenvalue weighted by Gasteiger charge is 2.28. The lowest BCUT2D eigenvalue weighted by Gasteiger charge is -2.41. The first-order valence-electron chi connectivity index (χ1n) is 5.17. The van der Waals surface area contributed by atoms with Crippen LogP contribution in [-0.4, -0.2) is 43.3 Å². The number of ether oxygens (including phenoxy) is 1. The molecule has 0 spiro atoms. The van der Waals surface area contributed by atoms with Crippen LogP contribution in [0.25, 0.3) is 0 Å². The van der Waals surface area contributed by atoms with Crippen molar-refractivity contribution in [1.29, 1.82) is 0 Å². The van der Waals surface area contributed by atoms with Gasteiger partial charge < -0.3 is 10.5 Å². The lowest BCUT2D eigenvalue weighted by Crippen LogP contribution is -2.54. The molecule has 1 aliphatic heterocycles. The van der Waals surface area contributed by atoms with Crippen LogP contribution in [0.5, 0.6) is 0 Å². The summed E-state index contributed by atoms with van der Waals surface area (Å²) < 4.78 is 5.16. The van der Waals surface area contributed by atoms with Crippen molar-refractivity contribution < 1.29 is 4.74 Å². The molecule has 78 valence electrons. The Morgan fingerprint density at radius 2 is 2.31 bits per heavy atom. The molecular weight excluding hydrogens is 164 g/mol. The van der Waals surface area contributed by atoms with Gasteiger partial charge in [-0.15, -0.1) is 0 Å². The Morgan fingerprint density at radius 3 is 2.92 bits per heavy atom. The minimum Gasteiger partial charge on any atom is -0.383 e. The first kappa shape index (κ1) is 11.0. The maximum Gasteiger partial charge on any atom is 0.0615 e. The van der Waals surface area contributed by atoms with E-state index in [1.807, 2.05) is 0 Å². The smallest absolute Gasteiger partial charge is 0.0615 e. The normalized spacial score (nSPS) is 33.2. The fourth-order valence-corrected chi connectivity index (χ4v) is 2.16. The molecule has 0 aliphatic carbocycles. The molecule has 3 unspecified atom stereocenters. The fourth-order valence-electron chi connectivity index (χ4n) is 2.16. The quantitative estimate of drug-likeness (QED) is 0.709. The highest BCUT2D eigenvalue weighted by Crippen LogP contribution is 2.18. The average Bonchev–Trinajstić information content (AvgIpc) is 2.10. The number of hydrogen-bond donors (Lipinski definition) is 1. The zero-order chi connectivity index (χ0) is 9.84. The van der Waals surface area contributed by atoms with Crippen molar-refractivity contribution in [3.05, 3.63) is 0 Å². The summed E-state index contributed by atoms with van der Waals surface area (Å²) in [5, 5.41) is 0. The van der Waals surface area contributed by atoms with E-state index in [9.17, 15) is 0 Å². The van der Waals surface area contributed by atoms with Crippen LogP contribution in [0.15, 0.2) is 0 Å². The lowest BCUT2D eigenvalue weighted by molar-refractivity contribution is 0.0469. The molecule has 0 aromatic heterocycles. The summed E-state index contributed by atoms with van der Waals surface area (Å²) in [6, 6.07) is 1.33. The second-order valence-corrected chi connectivity index (χ2v) is 4.09. The van der Waals surface area contributed by atoms with Crippen molar-refractivity contribution in [1.82, 2.24) is 4.90 Å². The molecular formula is C10H22N2O. The molecule has 13 heavy (non-hydrogen) atoms. The van der Waals surface area contributed by atoms with E-state index in [1.54, 1.807) is 7.11 Å². The van der Waals surface area contributed by atoms with E-state index in [-0.39, 0.29) is 0 Å². The lowest BCUT2D eigenvalue weighted by atomic mass is 9.97. The van der Waals surface area contributed by atoms with E-state index in [0.29, 0.717) is 18.1 Å². The first-order chi connectivity index (χ1) is 6.16. The van der Waals surface area contributed by atoms with Crippen LogP contribution in [0.4, 0.5) is 0 Å². The first-order valence-corrected chi connectivity index (χ1v) is 5.17. The molecule has 1 rings (SSSR count). The number of methoxy groups -OCH3 is 1. The summed E-state index contributed by atoms with van der Waals surface area (Å²) in [6.45, 7) is 6.39. The van der Waals surface area contributed by atoms with Gasteiger partial charge in [-0.2, -0.15) is 0 Å². The maximum atomic E-state index is 6.02. The minimum absolute atomic E-state index is 0.341. The van der Waals surface area contributed by atoms with Crippen LogP contribution in [0, 0.1) is 0 Å². The summed E-state index contributed by atoms with van der Waals surface area (Å²) in [6.07, 6.45) is 2.39. The standard InChI is InChI=1S/C10H22N2O/c1-8(7-13-3)12-6-4-5-10(11)9(12)2/h8-10H,4-7,11H2,1-3H3. The highest BCUT2D eigenvalue weighted by molar-refractivity contribution is 4.86. The number of hydrogen-bond acceptors (Lipinski definition) is 3. The molecule has 0 aromatic rings. The Morgan fingerprint density at radius 1 is 1.62 bits per heavy atom. The minimum atomic E-state index is 0.341. The predicted octanol–water partition coefficient (Wildman–Crippen LogP) is 0.833. The number of nitrogens with zero attached hydrogens (tertiary/aromatic N) is 1. The Balaban J connectivity index is 2.46. The molecule has 0 bridgehead atoms. The molecule has 2 N–H and O–H groups in total. The summed E-state index contributed by atoms with van der Waals surface area (Å²) >= 11 is 0. The number of nitrogens with two attached hydrogens (primary N) is 1. The van der Waals surface area contributed by atoms with E-state index in [4.69, 9.17) is 10.5 Å². The third kappa shape index (κ3) is 2.66. The van der Waals surface area contributed by atoms with Crippen molar-refractivity contribution in [2.75, 3.05) is 20.3 Å². The second kappa shape index (κ2) is 4.94. The SMILES string of the molecule is COCC(C)N1CCCC(N)C1C. The van der Waals surface area contributed by atoms with E-state index >= 15 is 0 Å². The van der Waals surface area contributed by atoms with Gasteiger partial charge in [0.05, 0.1) is 6.61 Å². The van der Waals surface area contributed by atoms with Crippen molar-refractivity contribution in [2.24, 2.45) is 5.73 Å². The summed E-state index contributed by atoms with van der Waals surface area (Å²) in [5.74, 6) is 0.